The van der Waals surface area contributed by atoms with Gasteiger partial charge in [-0.25, -0.2) is 0 Å². The Morgan fingerprint density at radius 3 is 2.47 bits per heavy atom. The van der Waals surface area contributed by atoms with E-state index in [1.807, 2.05) is 11.8 Å². The molecular weight excluding hydrogens is 252 g/mol. The number of nitrogens with zero attached hydrogens (tertiary/aromatic N) is 1. The molecule has 0 amide bonds. The van der Waals surface area contributed by atoms with Gasteiger partial charge in [0, 0.05) is 35.3 Å². The van der Waals surface area contributed by atoms with Crippen LogP contribution in [0.5, 0.6) is 0 Å². The molecule has 1 aromatic rings. The first-order valence-electron chi connectivity index (χ1n) is 7.36. The zero-order valence-corrected chi connectivity index (χ0v) is 12.9. The highest BCUT2D eigenvalue weighted by Crippen LogP contribution is 2.24. The first-order valence-corrected chi connectivity index (χ1v) is 8.34. The van der Waals surface area contributed by atoms with Crippen molar-refractivity contribution in [2.24, 2.45) is 5.73 Å². The summed E-state index contributed by atoms with van der Waals surface area (Å²) >= 11 is 1.87. The van der Waals surface area contributed by atoms with Crippen LogP contribution in [0.2, 0.25) is 0 Å². The zero-order valence-electron chi connectivity index (χ0n) is 12.1. The summed E-state index contributed by atoms with van der Waals surface area (Å²) in [6, 6.07) is 12.3. The predicted octanol–water partition coefficient (Wildman–Crippen LogP) is 3.37. The summed E-state index contributed by atoms with van der Waals surface area (Å²) in [7, 11) is 0. The fourth-order valence-electron chi connectivity index (χ4n) is 2.81. The van der Waals surface area contributed by atoms with E-state index in [-0.39, 0.29) is 0 Å². The van der Waals surface area contributed by atoms with Crippen LogP contribution < -0.4 is 5.73 Å². The first-order chi connectivity index (χ1) is 9.16. The average Bonchev–Trinajstić information content (AvgIpc) is 2.75. The van der Waals surface area contributed by atoms with E-state index in [1.165, 1.54) is 17.7 Å². The highest BCUT2D eigenvalue weighted by Gasteiger charge is 2.26. The summed E-state index contributed by atoms with van der Waals surface area (Å²) in [5, 5.41) is 0. The van der Waals surface area contributed by atoms with Gasteiger partial charge in [0.15, 0.2) is 0 Å². The van der Waals surface area contributed by atoms with E-state index in [4.69, 9.17) is 5.73 Å². The smallest absolute Gasteiger partial charge is 0.0146 e. The molecule has 2 nitrogen and oxygen atoms in total. The lowest BCUT2D eigenvalue weighted by Crippen LogP contribution is -2.37. The van der Waals surface area contributed by atoms with Crippen LogP contribution in [-0.4, -0.2) is 35.3 Å². The van der Waals surface area contributed by atoms with Crippen molar-refractivity contribution in [1.82, 2.24) is 4.90 Å². The molecule has 0 bridgehead atoms. The molecule has 2 rings (SSSR count). The number of benzene rings is 1. The Labute approximate surface area is 121 Å². The molecule has 3 heteroatoms. The molecule has 3 atom stereocenters. The Bertz CT molecular complexity index is 358. The van der Waals surface area contributed by atoms with Crippen molar-refractivity contribution < 1.29 is 0 Å². The maximum atomic E-state index is 6.24. The lowest BCUT2D eigenvalue weighted by molar-refractivity contribution is 0.208. The number of hydrogen-bond donors (Lipinski definition) is 1. The minimum absolute atomic E-state index is 0.296. The second-order valence-electron chi connectivity index (χ2n) is 5.69. The van der Waals surface area contributed by atoms with E-state index < -0.39 is 0 Å². The normalized spacial score (nSPS) is 25.6. The Balaban J connectivity index is 1.68. The van der Waals surface area contributed by atoms with Gasteiger partial charge in [-0.1, -0.05) is 18.2 Å². The van der Waals surface area contributed by atoms with Crippen molar-refractivity contribution in [3.63, 3.8) is 0 Å². The van der Waals surface area contributed by atoms with Crippen LogP contribution in [-0.2, 0) is 0 Å². The Morgan fingerprint density at radius 1 is 1.21 bits per heavy atom. The van der Waals surface area contributed by atoms with Crippen LogP contribution in [0.3, 0.4) is 0 Å². The molecule has 0 saturated carbocycles. The van der Waals surface area contributed by atoms with Crippen molar-refractivity contribution >= 4 is 11.8 Å². The number of rotatable bonds is 6. The van der Waals surface area contributed by atoms with Crippen molar-refractivity contribution in [2.75, 3.05) is 12.3 Å². The van der Waals surface area contributed by atoms with E-state index in [2.05, 4.69) is 49.1 Å². The SMILES string of the molecule is C[C@H]1CC[C@H](C)N1CC[C@@H](N)CSc1ccccc1. The predicted molar refractivity (Wildman–Crippen MR) is 84.6 cm³/mol. The molecule has 106 valence electrons. The molecule has 2 N–H and O–H groups in total. The molecule has 1 saturated heterocycles. The van der Waals surface area contributed by atoms with E-state index in [9.17, 15) is 0 Å². The van der Waals surface area contributed by atoms with Crippen LogP contribution in [0.25, 0.3) is 0 Å². The summed E-state index contributed by atoms with van der Waals surface area (Å²) in [6.45, 7) is 5.83. The maximum absolute atomic E-state index is 6.24. The van der Waals surface area contributed by atoms with Crippen molar-refractivity contribution in [1.29, 1.82) is 0 Å². The summed E-state index contributed by atoms with van der Waals surface area (Å²) in [5.41, 5.74) is 6.24. The standard InChI is InChI=1S/C16H26N2S/c1-13-8-9-14(2)18(13)11-10-15(17)12-19-16-6-4-3-5-7-16/h3-7,13-15H,8-12,17H2,1-2H3/t13-,14-,15+/m0/s1. The Kier molecular flexibility index (Phi) is 5.74. The Morgan fingerprint density at radius 2 is 1.84 bits per heavy atom. The maximum Gasteiger partial charge on any atom is 0.0146 e. The van der Waals surface area contributed by atoms with Crippen LogP contribution in [0.4, 0.5) is 0 Å². The van der Waals surface area contributed by atoms with Gasteiger partial charge in [0.25, 0.3) is 0 Å². The molecule has 1 heterocycles. The second-order valence-corrected chi connectivity index (χ2v) is 6.78. The average molecular weight is 278 g/mol. The van der Waals surface area contributed by atoms with Crippen molar-refractivity contribution in [3.05, 3.63) is 30.3 Å². The van der Waals surface area contributed by atoms with Crippen LogP contribution in [0.1, 0.15) is 33.1 Å². The lowest BCUT2D eigenvalue weighted by atomic mass is 10.2. The minimum Gasteiger partial charge on any atom is -0.327 e. The Hall–Kier alpha value is -0.510. The number of hydrogen-bond acceptors (Lipinski definition) is 3. The topological polar surface area (TPSA) is 29.3 Å². The van der Waals surface area contributed by atoms with Crippen molar-refractivity contribution in [3.8, 4) is 0 Å². The second kappa shape index (κ2) is 7.32. The third-order valence-electron chi connectivity index (χ3n) is 4.10. The molecule has 1 aliphatic heterocycles. The van der Waals surface area contributed by atoms with Gasteiger partial charge in [-0.05, 0) is 45.2 Å². The lowest BCUT2D eigenvalue weighted by Gasteiger charge is -2.27. The van der Waals surface area contributed by atoms with E-state index in [0.717, 1.165) is 30.8 Å². The molecule has 1 fully saturated rings. The fraction of sp³-hybridized carbons (Fsp3) is 0.625. The molecule has 1 aliphatic rings. The number of nitrogens with two attached hydrogens (primary N) is 1. The summed E-state index contributed by atoms with van der Waals surface area (Å²) in [5.74, 6) is 1.01. The largest absolute Gasteiger partial charge is 0.327 e. The molecule has 1 aromatic carbocycles. The van der Waals surface area contributed by atoms with E-state index in [0.29, 0.717) is 6.04 Å². The van der Waals surface area contributed by atoms with Gasteiger partial charge in [-0.15, -0.1) is 11.8 Å². The quantitative estimate of drug-likeness (QED) is 0.809. The highest BCUT2D eigenvalue weighted by atomic mass is 32.2. The van der Waals surface area contributed by atoms with Gasteiger partial charge >= 0.3 is 0 Å². The monoisotopic (exact) mass is 278 g/mol. The van der Waals surface area contributed by atoms with E-state index in [1.54, 1.807) is 0 Å². The van der Waals surface area contributed by atoms with E-state index >= 15 is 0 Å². The van der Waals surface area contributed by atoms with Crippen molar-refractivity contribution in [2.45, 2.75) is 56.1 Å². The van der Waals surface area contributed by atoms with Crippen LogP contribution >= 0.6 is 11.8 Å². The molecule has 0 radical (unpaired) electrons. The molecular formula is C16H26N2S. The zero-order chi connectivity index (χ0) is 13.7. The van der Waals surface area contributed by atoms with Gasteiger partial charge < -0.3 is 5.73 Å². The molecule has 0 aromatic heterocycles. The summed E-state index contributed by atoms with van der Waals surface area (Å²) in [6.07, 6.45) is 3.79. The molecule has 0 aliphatic carbocycles. The van der Waals surface area contributed by atoms with Gasteiger partial charge in [-0.2, -0.15) is 0 Å². The van der Waals surface area contributed by atoms with Crippen LogP contribution in [0, 0.1) is 0 Å². The molecule has 0 unspecified atom stereocenters. The minimum atomic E-state index is 0.296. The molecule has 0 spiro atoms. The molecule has 19 heavy (non-hydrogen) atoms. The highest BCUT2D eigenvalue weighted by molar-refractivity contribution is 7.99. The number of thioether (sulfide) groups is 1. The van der Waals surface area contributed by atoms with Gasteiger partial charge in [0.1, 0.15) is 0 Å². The summed E-state index contributed by atoms with van der Waals surface area (Å²) < 4.78 is 0. The van der Waals surface area contributed by atoms with Gasteiger partial charge in [0.05, 0.1) is 0 Å². The third-order valence-corrected chi connectivity index (χ3v) is 5.30. The first kappa shape index (κ1) is 14.9. The number of likely N-dealkylation sites (tertiary alicyclic amines) is 1. The summed E-state index contributed by atoms with van der Waals surface area (Å²) in [4.78, 5) is 3.94. The van der Waals surface area contributed by atoms with Crippen LogP contribution in [0.15, 0.2) is 35.2 Å². The van der Waals surface area contributed by atoms with Gasteiger partial charge in [0.2, 0.25) is 0 Å². The third kappa shape index (κ3) is 4.51. The fourth-order valence-corrected chi connectivity index (χ4v) is 3.73. The van der Waals surface area contributed by atoms with Gasteiger partial charge in [-0.3, -0.25) is 4.90 Å².